The fourth-order valence-electron chi connectivity index (χ4n) is 1.83. The maximum atomic E-state index is 12.3. The number of methoxy groups -OCH3 is 1. The zero-order chi connectivity index (χ0) is 17.0. The number of aromatic nitrogens is 3. The number of nitrogens with zero attached hydrogens (tertiary/aromatic N) is 3. The fourth-order valence-corrected chi connectivity index (χ4v) is 2.88. The number of carbonyl (C=O) groups is 1. The van der Waals surface area contributed by atoms with E-state index in [4.69, 9.17) is 22.2 Å². The molecule has 0 fully saturated rings. The molecule has 9 heteroatoms. The number of carbonyl (C=O) groups excluding carboxylic acids is 1. The largest absolute Gasteiger partial charge is 0.495 e. The number of ether oxygens (including phenoxy) is 1. The zero-order valence-corrected chi connectivity index (χ0v) is 14.6. The number of aryl methyl sites for hydroxylation is 1. The third-order valence-corrected chi connectivity index (χ3v) is 4.47. The Bertz CT molecular complexity index is 706. The Kier molecular flexibility index (Phi) is 5.73. The summed E-state index contributed by atoms with van der Waals surface area (Å²) in [5.41, 5.74) is 0.594. The van der Waals surface area contributed by atoms with E-state index in [1.165, 1.54) is 23.5 Å². The molecule has 2 rings (SSSR count). The number of nitrogen functional groups attached to an aromatic ring is 1. The second-order valence-electron chi connectivity index (χ2n) is 4.72. The number of anilines is 1. The molecule has 0 saturated carbocycles. The van der Waals surface area contributed by atoms with E-state index in [-0.39, 0.29) is 5.91 Å². The van der Waals surface area contributed by atoms with Gasteiger partial charge < -0.3 is 15.9 Å². The second-order valence-corrected chi connectivity index (χ2v) is 6.44. The molecule has 0 bridgehead atoms. The average molecular weight is 356 g/mol. The predicted octanol–water partition coefficient (Wildman–Crippen LogP) is 2.34. The van der Waals surface area contributed by atoms with E-state index in [2.05, 4.69) is 15.5 Å². The first-order valence-electron chi connectivity index (χ1n) is 6.96. The molecule has 0 saturated heterocycles. The van der Waals surface area contributed by atoms with E-state index in [9.17, 15) is 4.79 Å². The van der Waals surface area contributed by atoms with Gasteiger partial charge in [0.1, 0.15) is 5.75 Å². The second kappa shape index (κ2) is 7.56. The molecule has 0 aliphatic heterocycles. The van der Waals surface area contributed by atoms with E-state index >= 15 is 0 Å². The van der Waals surface area contributed by atoms with Gasteiger partial charge in [-0.15, -0.1) is 10.2 Å². The summed E-state index contributed by atoms with van der Waals surface area (Å²) in [5.74, 6) is 6.91. The Morgan fingerprint density at radius 3 is 2.83 bits per heavy atom. The van der Waals surface area contributed by atoms with Crippen molar-refractivity contribution in [2.45, 2.75) is 30.7 Å². The van der Waals surface area contributed by atoms with Crippen molar-refractivity contribution in [3.63, 3.8) is 0 Å². The van der Waals surface area contributed by atoms with Crippen molar-refractivity contribution in [1.29, 1.82) is 0 Å². The number of thioether (sulfide) groups is 1. The number of hydrogen-bond donors (Lipinski definition) is 2. The lowest BCUT2D eigenvalue weighted by Gasteiger charge is -2.12. The molecule has 0 aliphatic rings. The van der Waals surface area contributed by atoms with Crippen LogP contribution in [0.2, 0.25) is 5.02 Å². The van der Waals surface area contributed by atoms with Gasteiger partial charge in [0.05, 0.1) is 17.4 Å². The van der Waals surface area contributed by atoms with Crippen molar-refractivity contribution in [1.82, 2.24) is 14.9 Å². The Morgan fingerprint density at radius 2 is 2.26 bits per heavy atom. The van der Waals surface area contributed by atoms with Crippen LogP contribution in [0, 0.1) is 0 Å². The molecule has 1 atom stereocenters. The van der Waals surface area contributed by atoms with Gasteiger partial charge in [-0.25, -0.2) is 4.68 Å². The molecule has 1 heterocycles. The number of nitrogens with two attached hydrogens (primary N) is 1. The molecule has 124 valence electrons. The van der Waals surface area contributed by atoms with Crippen LogP contribution in [0.15, 0.2) is 23.4 Å². The molecular weight excluding hydrogens is 338 g/mol. The highest BCUT2D eigenvalue weighted by Gasteiger charge is 2.19. The molecule has 23 heavy (non-hydrogen) atoms. The Hall–Kier alpha value is -1.93. The number of rotatable bonds is 6. The predicted molar refractivity (Wildman–Crippen MR) is 91.5 cm³/mol. The monoisotopic (exact) mass is 355 g/mol. The normalized spacial score (nSPS) is 12.0. The van der Waals surface area contributed by atoms with Crippen LogP contribution in [0.1, 0.15) is 19.7 Å². The zero-order valence-electron chi connectivity index (χ0n) is 13.0. The average Bonchev–Trinajstić information content (AvgIpc) is 2.87. The smallest absolute Gasteiger partial charge is 0.237 e. The van der Waals surface area contributed by atoms with Crippen LogP contribution in [0.5, 0.6) is 5.75 Å². The van der Waals surface area contributed by atoms with Gasteiger partial charge >= 0.3 is 0 Å². The molecule has 0 radical (unpaired) electrons. The molecule has 1 aromatic heterocycles. The topological polar surface area (TPSA) is 95.1 Å². The third-order valence-electron chi connectivity index (χ3n) is 3.12. The fraction of sp³-hybridized carbons (Fsp3) is 0.357. The van der Waals surface area contributed by atoms with Crippen molar-refractivity contribution in [2.24, 2.45) is 0 Å². The molecule has 0 aliphatic carbocycles. The lowest BCUT2D eigenvalue weighted by Crippen LogP contribution is -2.23. The molecular formula is C14H18ClN5O2S. The van der Waals surface area contributed by atoms with Crippen LogP contribution in [-0.2, 0) is 11.2 Å². The number of amides is 1. The standard InChI is InChI=1S/C14H18ClN5O2S/c1-4-12-18-19-14(20(12)16)23-8(2)13(21)17-9-5-6-11(22-3)10(15)7-9/h5-8H,4,16H2,1-3H3,(H,17,21)/t8-/m0/s1. The summed E-state index contributed by atoms with van der Waals surface area (Å²) in [4.78, 5) is 12.3. The highest BCUT2D eigenvalue weighted by molar-refractivity contribution is 8.00. The van der Waals surface area contributed by atoms with Crippen LogP contribution < -0.4 is 15.9 Å². The molecule has 3 N–H and O–H groups in total. The minimum Gasteiger partial charge on any atom is -0.495 e. The Morgan fingerprint density at radius 1 is 1.52 bits per heavy atom. The molecule has 0 unspecified atom stereocenters. The molecule has 0 spiro atoms. The number of hydrogen-bond acceptors (Lipinski definition) is 6. The minimum atomic E-state index is -0.396. The summed E-state index contributed by atoms with van der Waals surface area (Å²) < 4.78 is 6.48. The number of benzene rings is 1. The van der Waals surface area contributed by atoms with Gasteiger partial charge in [0, 0.05) is 12.1 Å². The third kappa shape index (κ3) is 4.08. The first kappa shape index (κ1) is 17.4. The highest BCUT2D eigenvalue weighted by atomic mass is 35.5. The van der Waals surface area contributed by atoms with Gasteiger partial charge in [-0.3, -0.25) is 4.79 Å². The van der Waals surface area contributed by atoms with Gasteiger partial charge in [-0.1, -0.05) is 30.3 Å². The van der Waals surface area contributed by atoms with E-state index in [1.807, 2.05) is 6.92 Å². The van der Waals surface area contributed by atoms with Gasteiger partial charge in [-0.2, -0.15) is 0 Å². The SMILES string of the molecule is CCc1nnc(S[C@@H](C)C(=O)Nc2ccc(OC)c(Cl)c2)n1N. The summed E-state index contributed by atoms with van der Waals surface area (Å²) in [6.07, 6.45) is 0.676. The van der Waals surface area contributed by atoms with Crippen molar-refractivity contribution in [3.8, 4) is 5.75 Å². The maximum absolute atomic E-state index is 12.3. The summed E-state index contributed by atoms with van der Waals surface area (Å²) in [6, 6.07) is 5.05. The van der Waals surface area contributed by atoms with Crippen molar-refractivity contribution < 1.29 is 9.53 Å². The molecule has 2 aromatic rings. The van der Waals surface area contributed by atoms with Crippen molar-refractivity contribution >= 4 is 35.0 Å². The first-order chi connectivity index (χ1) is 11.0. The lowest BCUT2D eigenvalue weighted by atomic mass is 10.3. The first-order valence-corrected chi connectivity index (χ1v) is 8.22. The van der Waals surface area contributed by atoms with Crippen molar-refractivity contribution in [3.05, 3.63) is 29.0 Å². The van der Waals surface area contributed by atoms with E-state index in [0.29, 0.717) is 33.9 Å². The summed E-state index contributed by atoms with van der Waals surface area (Å²) in [6.45, 7) is 3.71. The minimum absolute atomic E-state index is 0.183. The lowest BCUT2D eigenvalue weighted by molar-refractivity contribution is -0.115. The van der Waals surface area contributed by atoms with E-state index in [0.717, 1.165) is 0 Å². The van der Waals surface area contributed by atoms with Crippen LogP contribution in [0.4, 0.5) is 5.69 Å². The van der Waals surface area contributed by atoms with Crippen LogP contribution in [0.3, 0.4) is 0 Å². The van der Waals surface area contributed by atoms with E-state index in [1.54, 1.807) is 25.1 Å². The summed E-state index contributed by atoms with van der Waals surface area (Å²) >= 11 is 7.28. The highest BCUT2D eigenvalue weighted by Crippen LogP contribution is 2.28. The van der Waals surface area contributed by atoms with Gasteiger partial charge in [0.25, 0.3) is 0 Å². The number of nitrogens with one attached hydrogen (secondary N) is 1. The summed E-state index contributed by atoms with van der Waals surface area (Å²) in [5, 5.41) is 11.3. The van der Waals surface area contributed by atoms with Crippen molar-refractivity contribution in [2.75, 3.05) is 18.3 Å². The Labute approximate surface area is 143 Å². The van der Waals surface area contributed by atoms with Crippen LogP contribution in [-0.4, -0.2) is 33.1 Å². The molecule has 1 amide bonds. The van der Waals surface area contributed by atoms with Gasteiger partial charge in [0.2, 0.25) is 11.1 Å². The maximum Gasteiger partial charge on any atom is 0.237 e. The molecule has 1 aromatic carbocycles. The van der Waals surface area contributed by atoms with Crippen LogP contribution in [0.25, 0.3) is 0 Å². The quantitative estimate of drug-likeness (QED) is 0.610. The number of halogens is 1. The summed E-state index contributed by atoms with van der Waals surface area (Å²) in [7, 11) is 1.53. The van der Waals surface area contributed by atoms with Gasteiger partial charge in [0.15, 0.2) is 5.82 Å². The van der Waals surface area contributed by atoms with E-state index < -0.39 is 5.25 Å². The Balaban J connectivity index is 2.02. The molecule has 7 nitrogen and oxygen atoms in total. The van der Waals surface area contributed by atoms with Gasteiger partial charge in [-0.05, 0) is 25.1 Å². The van der Waals surface area contributed by atoms with Crippen LogP contribution >= 0.6 is 23.4 Å².